The minimum atomic E-state index is -0.304. The number of allylic oxidation sites excluding steroid dienone is 5. The van der Waals surface area contributed by atoms with Gasteiger partial charge in [-0.15, -0.1) is 11.3 Å². The van der Waals surface area contributed by atoms with Crippen molar-refractivity contribution in [2.45, 2.75) is 25.2 Å². The normalized spacial score (nSPS) is 18.8. The largest absolute Gasteiger partial charge is 0.309 e. The van der Waals surface area contributed by atoms with E-state index in [4.69, 9.17) is 0 Å². The first-order chi connectivity index (χ1) is 22.8. The van der Waals surface area contributed by atoms with Gasteiger partial charge in [-0.3, -0.25) is 0 Å². The standard InChI is InChI=1S/C44H31NS/c1-3-28(43-29(4-2)32-16-7-12-23-41(32)46-43)27-24-25-39-34(26-27)33-17-13-21-38-42(33)45(39)40-22-11-10-20-37(40)44(38)35-18-8-5-14-30(35)31-15-6-9-19-36(31)44/h3-8,10-18,20-26H,1,9,19H2,2H3/b29-4-,43-28-. The van der Waals surface area contributed by atoms with Gasteiger partial charge in [0.25, 0.3) is 0 Å². The van der Waals surface area contributed by atoms with Crippen molar-refractivity contribution in [2.75, 3.05) is 0 Å². The fourth-order valence-corrected chi connectivity index (χ4v) is 10.2. The van der Waals surface area contributed by atoms with Crippen LogP contribution in [-0.2, 0) is 5.41 Å². The number of rotatable bonds is 2. The number of hydrogen-bond acceptors (Lipinski definition) is 1. The molecule has 1 spiro atoms. The van der Waals surface area contributed by atoms with E-state index in [-0.39, 0.29) is 5.41 Å². The van der Waals surface area contributed by atoms with E-state index >= 15 is 0 Å². The molecule has 0 radical (unpaired) electrons. The lowest BCUT2D eigenvalue weighted by Crippen LogP contribution is -2.34. The van der Waals surface area contributed by atoms with Gasteiger partial charge in [0.2, 0.25) is 0 Å². The molecule has 7 aromatic rings. The van der Waals surface area contributed by atoms with E-state index in [0.29, 0.717) is 0 Å². The maximum atomic E-state index is 4.32. The van der Waals surface area contributed by atoms with Crippen LogP contribution in [-0.4, -0.2) is 4.57 Å². The van der Waals surface area contributed by atoms with E-state index in [2.05, 4.69) is 145 Å². The highest BCUT2D eigenvalue weighted by atomic mass is 32.1. The van der Waals surface area contributed by atoms with Gasteiger partial charge in [0.05, 0.1) is 22.1 Å². The highest BCUT2D eigenvalue weighted by Crippen LogP contribution is 2.61. The third-order valence-corrected chi connectivity index (χ3v) is 11.9. The molecule has 1 unspecified atom stereocenters. The summed E-state index contributed by atoms with van der Waals surface area (Å²) in [5.74, 6) is 0. The maximum Gasteiger partial charge on any atom is 0.0717 e. The summed E-state index contributed by atoms with van der Waals surface area (Å²) in [7, 11) is 0. The van der Waals surface area contributed by atoms with Gasteiger partial charge in [0.1, 0.15) is 0 Å². The lowest BCUT2D eigenvalue weighted by atomic mass is 9.63. The Morgan fingerprint density at radius 3 is 2.48 bits per heavy atom. The summed E-state index contributed by atoms with van der Waals surface area (Å²) < 4.78 is 5.13. The van der Waals surface area contributed by atoms with E-state index in [9.17, 15) is 0 Å². The number of hydrogen-bond donors (Lipinski definition) is 0. The maximum absolute atomic E-state index is 4.32. The lowest BCUT2D eigenvalue weighted by Gasteiger charge is -2.41. The zero-order valence-electron chi connectivity index (χ0n) is 25.7. The zero-order valence-corrected chi connectivity index (χ0v) is 26.5. The smallest absolute Gasteiger partial charge is 0.0717 e. The van der Waals surface area contributed by atoms with Crippen LogP contribution in [0.15, 0.2) is 140 Å². The first-order valence-corrected chi connectivity index (χ1v) is 17.1. The molecule has 2 heteroatoms. The minimum absolute atomic E-state index is 0.304. The molecule has 1 nitrogen and oxygen atoms in total. The molecule has 46 heavy (non-hydrogen) atoms. The van der Waals surface area contributed by atoms with Crippen LogP contribution >= 0.6 is 11.3 Å². The van der Waals surface area contributed by atoms with Gasteiger partial charge >= 0.3 is 0 Å². The van der Waals surface area contributed by atoms with Crippen LogP contribution in [0.4, 0.5) is 0 Å². The summed E-state index contributed by atoms with van der Waals surface area (Å²) in [4.78, 5) is 0. The van der Waals surface area contributed by atoms with E-state index in [1.54, 1.807) is 5.57 Å². The average Bonchev–Trinajstić information content (AvgIpc) is 3.75. The fourth-order valence-electron chi connectivity index (χ4n) is 8.94. The quantitative estimate of drug-likeness (QED) is 0.185. The first kappa shape index (κ1) is 26.1. The van der Waals surface area contributed by atoms with Crippen molar-refractivity contribution in [1.29, 1.82) is 0 Å². The van der Waals surface area contributed by atoms with E-state index in [1.165, 1.54) is 86.3 Å². The number of benzene rings is 5. The Labute approximate surface area is 272 Å². The van der Waals surface area contributed by atoms with Crippen LogP contribution in [0.3, 0.4) is 0 Å². The van der Waals surface area contributed by atoms with Gasteiger partial charge in [-0.1, -0.05) is 116 Å². The second-order valence-electron chi connectivity index (χ2n) is 12.7. The van der Waals surface area contributed by atoms with Crippen molar-refractivity contribution in [3.05, 3.63) is 177 Å². The topological polar surface area (TPSA) is 4.93 Å². The predicted octanol–water partition coefficient (Wildman–Crippen LogP) is 9.95. The fraction of sp³-hybridized carbons (Fsp3) is 0.0909. The number of fused-ring (bicyclic) bond motifs is 12. The highest BCUT2D eigenvalue weighted by molar-refractivity contribution is 7.17. The van der Waals surface area contributed by atoms with Gasteiger partial charge in [-0.25, -0.2) is 0 Å². The van der Waals surface area contributed by atoms with E-state index in [0.717, 1.165) is 12.8 Å². The first-order valence-electron chi connectivity index (χ1n) is 16.2. The summed E-state index contributed by atoms with van der Waals surface area (Å²) >= 11 is 1.86. The zero-order chi connectivity index (χ0) is 30.6. The Morgan fingerprint density at radius 2 is 1.59 bits per heavy atom. The molecule has 10 rings (SSSR count). The SMILES string of the molecule is C=C/C(c1ccc2c(c1)c1cccc3c1n2-c1ccccc1C31C2=C(C=CCC2)c2ccccc21)=c1/sc2ccccc2/c1=C/C. The van der Waals surface area contributed by atoms with Crippen molar-refractivity contribution in [3.8, 4) is 5.69 Å². The molecule has 0 N–H and O–H groups in total. The number of para-hydroxylation sites is 2. The van der Waals surface area contributed by atoms with Gasteiger partial charge in [0, 0.05) is 20.0 Å². The Bertz CT molecular complexity index is 2670. The lowest BCUT2D eigenvalue weighted by molar-refractivity contribution is 0.685. The van der Waals surface area contributed by atoms with Crippen molar-refractivity contribution in [1.82, 2.24) is 4.57 Å². The number of aromatic nitrogens is 1. The van der Waals surface area contributed by atoms with Gasteiger partial charge in [-0.2, -0.15) is 0 Å². The van der Waals surface area contributed by atoms with Crippen LogP contribution in [0.25, 0.3) is 54.8 Å². The van der Waals surface area contributed by atoms with Crippen LogP contribution < -0.4 is 9.75 Å². The summed E-state index contributed by atoms with van der Waals surface area (Å²) in [5, 5.41) is 5.19. The molecular formula is C44H31NS. The van der Waals surface area contributed by atoms with Crippen LogP contribution in [0.2, 0.25) is 0 Å². The third-order valence-electron chi connectivity index (χ3n) is 10.7. The molecule has 1 aliphatic heterocycles. The molecule has 1 atom stereocenters. The van der Waals surface area contributed by atoms with Gasteiger partial charge in [-0.05, 0) is 99.2 Å². The van der Waals surface area contributed by atoms with E-state index in [1.807, 2.05) is 17.4 Å². The molecule has 3 aliphatic rings. The molecular weight excluding hydrogens is 575 g/mol. The van der Waals surface area contributed by atoms with Crippen molar-refractivity contribution in [2.24, 2.45) is 0 Å². The molecule has 2 aliphatic carbocycles. The van der Waals surface area contributed by atoms with Crippen molar-refractivity contribution >= 4 is 60.5 Å². The van der Waals surface area contributed by atoms with Gasteiger partial charge in [0.15, 0.2) is 0 Å². The predicted molar refractivity (Wildman–Crippen MR) is 196 cm³/mol. The van der Waals surface area contributed by atoms with Crippen LogP contribution in [0.1, 0.15) is 47.6 Å². The molecule has 3 heterocycles. The molecule has 0 fully saturated rings. The molecule has 0 bridgehead atoms. The highest BCUT2D eigenvalue weighted by Gasteiger charge is 2.51. The van der Waals surface area contributed by atoms with Crippen molar-refractivity contribution in [3.63, 3.8) is 0 Å². The molecule has 218 valence electrons. The Kier molecular flexibility index (Phi) is 5.34. The Balaban J connectivity index is 1.34. The molecule has 5 aromatic carbocycles. The molecule has 0 amide bonds. The average molecular weight is 606 g/mol. The van der Waals surface area contributed by atoms with Gasteiger partial charge < -0.3 is 4.57 Å². The monoisotopic (exact) mass is 605 g/mol. The third kappa shape index (κ3) is 3.10. The molecule has 0 saturated carbocycles. The minimum Gasteiger partial charge on any atom is -0.309 e. The summed E-state index contributed by atoms with van der Waals surface area (Å²) in [6.45, 7) is 6.47. The number of thiophene rings is 1. The molecule has 0 saturated heterocycles. The summed E-state index contributed by atoms with van der Waals surface area (Å²) in [6, 6.07) is 41.1. The second kappa shape index (κ2) is 9.42. The van der Waals surface area contributed by atoms with Crippen LogP contribution in [0, 0.1) is 0 Å². The van der Waals surface area contributed by atoms with Crippen molar-refractivity contribution < 1.29 is 0 Å². The summed E-state index contributed by atoms with van der Waals surface area (Å²) in [5.41, 5.74) is 14.5. The summed E-state index contributed by atoms with van der Waals surface area (Å²) in [6.07, 6.45) is 11.2. The van der Waals surface area contributed by atoms with E-state index < -0.39 is 0 Å². The Hall–Kier alpha value is -5.18. The van der Waals surface area contributed by atoms with Crippen LogP contribution in [0.5, 0.6) is 0 Å². The number of nitrogens with zero attached hydrogens (tertiary/aromatic N) is 1. The Morgan fingerprint density at radius 1 is 0.804 bits per heavy atom. The molecule has 2 aromatic heterocycles. The second-order valence-corrected chi connectivity index (χ2v) is 13.7.